The predicted octanol–water partition coefficient (Wildman–Crippen LogP) is 2.20. The van der Waals surface area contributed by atoms with E-state index in [0.717, 1.165) is 10.8 Å². The van der Waals surface area contributed by atoms with Crippen LogP contribution in [0.3, 0.4) is 0 Å². The van der Waals surface area contributed by atoms with Crippen LogP contribution >= 0.6 is 11.3 Å². The van der Waals surface area contributed by atoms with Gasteiger partial charge in [0.25, 0.3) is 0 Å². The standard InChI is InChI=1S/C13H6O3S/c14-8-5-6-9(15)13-11(8)12(16)7-3-1-2-4-10(7)17-13/h1-6H. The van der Waals surface area contributed by atoms with E-state index in [-0.39, 0.29) is 27.4 Å². The molecule has 0 N–H and O–H groups in total. The lowest BCUT2D eigenvalue weighted by Gasteiger charge is -2.08. The zero-order valence-electron chi connectivity index (χ0n) is 8.60. The number of carbonyl (C=O) groups excluding carboxylic acids is 2. The third-order valence-electron chi connectivity index (χ3n) is 2.65. The van der Waals surface area contributed by atoms with E-state index in [4.69, 9.17) is 0 Å². The molecule has 0 aliphatic heterocycles. The summed E-state index contributed by atoms with van der Waals surface area (Å²) in [4.78, 5) is 35.7. The van der Waals surface area contributed by atoms with Gasteiger partial charge in [-0.3, -0.25) is 14.4 Å². The molecule has 1 aromatic heterocycles. The molecule has 2 aromatic rings. The van der Waals surface area contributed by atoms with E-state index in [0.29, 0.717) is 5.39 Å². The Hall–Kier alpha value is -2.07. The second-order valence-electron chi connectivity index (χ2n) is 3.69. The third kappa shape index (κ3) is 1.38. The van der Waals surface area contributed by atoms with E-state index in [9.17, 15) is 14.4 Å². The Labute approximate surface area is 100 Å². The normalized spacial score (nSPS) is 14.1. The molecule has 1 aromatic carbocycles. The Morgan fingerprint density at radius 1 is 0.882 bits per heavy atom. The molecule has 0 unspecified atom stereocenters. The van der Waals surface area contributed by atoms with Crippen LogP contribution in [0.4, 0.5) is 0 Å². The van der Waals surface area contributed by atoms with Crippen LogP contribution in [0.15, 0.2) is 41.2 Å². The van der Waals surface area contributed by atoms with Gasteiger partial charge in [0.05, 0.1) is 10.4 Å². The minimum absolute atomic E-state index is 0.0150. The van der Waals surface area contributed by atoms with Crippen molar-refractivity contribution in [1.29, 1.82) is 0 Å². The number of hydrogen-bond donors (Lipinski definition) is 0. The van der Waals surface area contributed by atoms with Gasteiger partial charge in [-0.2, -0.15) is 0 Å². The van der Waals surface area contributed by atoms with E-state index < -0.39 is 0 Å². The average molecular weight is 242 g/mol. The van der Waals surface area contributed by atoms with Gasteiger partial charge in [-0.1, -0.05) is 12.1 Å². The van der Waals surface area contributed by atoms with Gasteiger partial charge in [0, 0.05) is 10.1 Å². The van der Waals surface area contributed by atoms with Crippen molar-refractivity contribution in [3.63, 3.8) is 0 Å². The van der Waals surface area contributed by atoms with Crippen molar-refractivity contribution < 1.29 is 9.59 Å². The fourth-order valence-electron chi connectivity index (χ4n) is 1.85. The summed E-state index contributed by atoms with van der Waals surface area (Å²) in [5.41, 5.74) is -0.335. The van der Waals surface area contributed by atoms with Crippen LogP contribution in [0.25, 0.3) is 10.1 Å². The zero-order valence-corrected chi connectivity index (χ0v) is 9.41. The number of carbonyl (C=O) groups is 2. The predicted molar refractivity (Wildman–Crippen MR) is 65.9 cm³/mol. The molecule has 0 amide bonds. The van der Waals surface area contributed by atoms with Crippen molar-refractivity contribution >= 4 is 33.0 Å². The number of allylic oxidation sites excluding steroid dienone is 2. The van der Waals surface area contributed by atoms with Crippen LogP contribution in [-0.2, 0) is 0 Å². The molecule has 0 atom stereocenters. The van der Waals surface area contributed by atoms with Crippen LogP contribution in [0, 0.1) is 0 Å². The van der Waals surface area contributed by atoms with Gasteiger partial charge in [0.15, 0.2) is 17.0 Å². The molecule has 0 fully saturated rings. The molecule has 1 heterocycles. The molecule has 3 rings (SSSR count). The largest absolute Gasteiger partial charge is 0.289 e. The van der Waals surface area contributed by atoms with Crippen LogP contribution < -0.4 is 5.43 Å². The van der Waals surface area contributed by atoms with Crippen molar-refractivity contribution in [3.8, 4) is 0 Å². The van der Waals surface area contributed by atoms with Gasteiger partial charge in [0.2, 0.25) is 0 Å². The second-order valence-corrected chi connectivity index (χ2v) is 4.75. The first-order valence-corrected chi connectivity index (χ1v) is 5.83. The quantitative estimate of drug-likeness (QED) is 0.711. The molecule has 4 heteroatoms. The van der Waals surface area contributed by atoms with E-state index >= 15 is 0 Å². The zero-order chi connectivity index (χ0) is 12.0. The lowest BCUT2D eigenvalue weighted by atomic mass is 10.0. The molecule has 0 radical (unpaired) electrons. The lowest BCUT2D eigenvalue weighted by Crippen LogP contribution is -2.21. The molecule has 1 aliphatic carbocycles. The van der Waals surface area contributed by atoms with Crippen LogP contribution in [0.1, 0.15) is 20.0 Å². The topological polar surface area (TPSA) is 51.2 Å². The summed E-state index contributed by atoms with van der Waals surface area (Å²) >= 11 is 1.19. The molecular weight excluding hydrogens is 236 g/mol. The summed E-state index contributed by atoms with van der Waals surface area (Å²) in [6.45, 7) is 0. The Bertz CT molecular complexity index is 753. The van der Waals surface area contributed by atoms with Crippen LogP contribution in [-0.4, -0.2) is 11.6 Å². The van der Waals surface area contributed by atoms with Gasteiger partial charge in [-0.15, -0.1) is 11.3 Å². The van der Waals surface area contributed by atoms with Crippen molar-refractivity contribution in [1.82, 2.24) is 0 Å². The second kappa shape index (κ2) is 3.46. The highest BCUT2D eigenvalue weighted by Crippen LogP contribution is 2.25. The molecule has 17 heavy (non-hydrogen) atoms. The Morgan fingerprint density at radius 3 is 2.41 bits per heavy atom. The molecule has 82 valence electrons. The van der Waals surface area contributed by atoms with Crippen molar-refractivity contribution in [2.45, 2.75) is 0 Å². The minimum Gasteiger partial charge on any atom is -0.289 e. The first-order valence-electron chi connectivity index (χ1n) is 5.01. The first kappa shape index (κ1) is 10.1. The molecule has 0 spiro atoms. The van der Waals surface area contributed by atoms with Crippen molar-refractivity contribution in [2.75, 3.05) is 0 Å². The molecule has 1 aliphatic rings. The summed E-state index contributed by atoms with van der Waals surface area (Å²) in [5, 5.41) is 0.493. The SMILES string of the molecule is O=C1C=CC(=O)c2c1sc1ccccc1c2=O. The van der Waals surface area contributed by atoms with Crippen LogP contribution in [0.5, 0.6) is 0 Å². The van der Waals surface area contributed by atoms with Gasteiger partial charge in [0.1, 0.15) is 0 Å². The van der Waals surface area contributed by atoms with E-state index in [1.165, 1.54) is 17.4 Å². The summed E-state index contributed by atoms with van der Waals surface area (Å²) in [7, 11) is 0. The first-order chi connectivity index (χ1) is 8.18. The van der Waals surface area contributed by atoms with Crippen LogP contribution in [0.2, 0.25) is 0 Å². The van der Waals surface area contributed by atoms with E-state index in [1.54, 1.807) is 24.3 Å². The van der Waals surface area contributed by atoms with E-state index in [1.807, 2.05) is 0 Å². The lowest BCUT2D eigenvalue weighted by molar-refractivity contribution is 0.0996. The molecule has 3 nitrogen and oxygen atoms in total. The molecule has 0 bridgehead atoms. The fraction of sp³-hybridized carbons (Fsp3) is 0. The Morgan fingerprint density at radius 2 is 1.59 bits per heavy atom. The number of hydrogen-bond acceptors (Lipinski definition) is 4. The van der Waals surface area contributed by atoms with Crippen molar-refractivity contribution in [2.24, 2.45) is 0 Å². The maximum absolute atomic E-state index is 12.1. The van der Waals surface area contributed by atoms with Gasteiger partial charge >= 0.3 is 0 Å². The number of rotatable bonds is 0. The number of fused-ring (bicyclic) bond motifs is 2. The van der Waals surface area contributed by atoms with Crippen molar-refractivity contribution in [3.05, 3.63) is 57.1 Å². The third-order valence-corrected chi connectivity index (χ3v) is 3.84. The molecule has 0 saturated carbocycles. The number of ketones is 2. The summed E-state index contributed by atoms with van der Waals surface area (Å²) in [5.74, 6) is -0.654. The van der Waals surface area contributed by atoms with Gasteiger partial charge in [-0.05, 0) is 24.3 Å². The summed E-state index contributed by atoms with van der Waals surface area (Å²) < 4.78 is 0.729. The minimum atomic E-state index is -0.383. The maximum atomic E-state index is 12.1. The van der Waals surface area contributed by atoms with Gasteiger partial charge < -0.3 is 0 Å². The molecular formula is C13H6O3S. The summed E-state index contributed by atoms with van der Waals surface area (Å²) in [6.07, 6.45) is 2.38. The maximum Gasteiger partial charge on any atom is 0.199 e. The van der Waals surface area contributed by atoms with E-state index in [2.05, 4.69) is 0 Å². The smallest absolute Gasteiger partial charge is 0.199 e. The number of benzene rings is 1. The fourth-order valence-corrected chi connectivity index (χ4v) is 2.95. The highest BCUT2D eigenvalue weighted by Gasteiger charge is 2.24. The highest BCUT2D eigenvalue weighted by molar-refractivity contribution is 7.20. The Kier molecular flexibility index (Phi) is 2.06. The molecule has 0 saturated heterocycles. The highest BCUT2D eigenvalue weighted by atomic mass is 32.1. The average Bonchev–Trinajstić information content (AvgIpc) is 2.34. The Balaban J connectivity index is 2.53. The van der Waals surface area contributed by atoms with Gasteiger partial charge in [-0.25, -0.2) is 0 Å². The summed E-state index contributed by atoms with van der Waals surface area (Å²) in [6, 6.07) is 6.99. The monoisotopic (exact) mass is 242 g/mol.